The zero-order chi connectivity index (χ0) is 40.9. The molecule has 0 aliphatic carbocycles. The first-order chi connectivity index (χ1) is 28.7. The molecule has 2 aliphatic rings. The van der Waals surface area contributed by atoms with E-state index < -0.39 is 0 Å². The van der Waals surface area contributed by atoms with Crippen molar-refractivity contribution in [2.24, 2.45) is 0 Å². The Kier molecular flexibility index (Phi) is 12.1. The molecule has 4 atom stereocenters. The van der Waals surface area contributed by atoms with Crippen LogP contribution in [0.2, 0.25) is 0 Å². The van der Waals surface area contributed by atoms with E-state index in [1.54, 1.807) is 0 Å². The third kappa shape index (κ3) is 8.78. The molecule has 0 unspecified atom stereocenters. The fourth-order valence-corrected chi connectivity index (χ4v) is 8.69. The standard InChI is InChI=1S/C48H54N8O3/c1-53(2)43(37-13-7-5-8-14-37)47(57)55-27-11-17-41(55)45-49-29-39(51-45)35-23-19-33(20-24-35)31-59-32-34-21-25-36(26-22-34)40-30-50-46(52-40)42-18-12-28-56(42)48(58)44(54(3)4)38-15-9-6-10-16-38/h5-10,13-16,19-26,29-30,41-44H,11-12,17-18,27-28,31-32H2,1-4H3,(H,49,51)(H,50,52)/t41-,42+,43+,44-. The van der Waals surface area contributed by atoms with Gasteiger partial charge in [0.25, 0.3) is 0 Å². The van der Waals surface area contributed by atoms with Gasteiger partial charge in [0.15, 0.2) is 0 Å². The van der Waals surface area contributed by atoms with E-state index >= 15 is 0 Å². The highest BCUT2D eigenvalue weighted by Gasteiger charge is 2.38. The number of ether oxygens (including phenoxy) is 1. The largest absolute Gasteiger partial charge is 0.372 e. The Balaban J connectivity index is 0.842. The molecule has 2 aromatic heterocycles. The molecule has 11 heteroatoms. The summed E-state index contributed by atoms with van der Waals surface area (Å²) in [7, 11) is 7.83. The second-order valence-electron chi connectivity index (χ2n) is 16.2. The number of hydrogen-bond donors (Lipinski definition) is 2. The molecule has 59 heavy (non-hydrogen) atoms. The minimum Gasteiger partial charge on any atom is -0.372 e. The molecule has 0 bridgehead atoms. The van der Waals surface area contributed by atoms with Crippen LogP contribution < -0.4 is 0 Å². The molecule has 2 saturated heterocycles. The summed E-state index contributed by atoms with van der Waals surface area (Å²) < 4.78 is 6.12. The van der Waals surface area contributed by atoms with E-state index in [1.807, 2.05) is 121 Å². The molecule has 0 saturated carbocycles. The van der Waals surface area contributed by atoms with Gasteiger partial charge in [0.05, 0.1) is 49.1 Å². The lowest BCUT2D eigenvalue weighted by atomic mass is 10.0. The maximum Gasteiger partial charge on any atom is 0.245 e. The quantitative estimate of drug-likeness (QED) is 0.115. The van der Waals surface area contributed by atoms with E-state index in [9.17, 15) is 9.59 Å². The van der Waals surface area contributed by atoms with Crippen molar-refractivity contribution in [2.75, 3.05) is 41.3 Å². The third-order valence-electron chi connectivity index (χ3n) is 11.7. The Morgan fingerprint density at radius 3 is 1.37 bits per heavy atom. The number of hydrogen-bond acceptors (Lipinski definition) is 7. The average Bonchev–Trinajstić information content (AvgIpc) is 4.09. The number of benzene rings is 4. The molecule has 4 heterocycles. The predicted molar refractivity (Wildman–Crippen MR) is 230 cm³/mol. The van der Waals surface area contributed by atoms with Gasteiger partial charge in [0, 0.05) is 13.1 Å². The minimum absolute atomic E-state index is 0.0807. The van der Waals surface area contributed by atoms with Crippen LogP contribution in [0.15, 0.2) is 122 Å². The number of rotatable bonds is 14. The molecular weight excluding hydrogens is 737 g/mol. The number of nitrogens with one attached hydrogen (secondary N) is 2. The number of likely N-dealkylation sites (N-methyl/N-ethyl adjacent to an activating group) is 2. The van der Waals surface area contributed by atoms with Crippen LogP contribution in [0.25, 0.3) is 22.5 Å². The van der Waals surface area contributed by atoms with E-state index in [0.717, 1.165) is 95.2 Å². The lowest BCUT2D eigenvalue weighted by Gasteiger charge is -2.31. The summed E-state index contributed by atoms with van der Waals surface area (Å²) in [5.41, 5.74) is 8.09. The third-order valence-corrected chi connectivity index (χ3v) is 11.7. The van der Waals surface area contributed by atoms with Gasteiger partial charge in [0.1, 0.15) is 23.7 Å². The molecule has 2 N–H and O–H groups in total. The smallest absolute Gasteiger partial charge is 0.245 e. The van der Waals surface area contributed by atoms with E-state index in [0.29, 0.717) is 13.2 Å². The normalized spacial score (nSPS) is 17.9. The van der Waals surface area contributed by atoms with Gasteiger partial charge >= 0.3 is 0 Å². The van der Waals surface area contributed by atoms with Gasteiger partial charge in [-0.2, -0.15) is 0 Å². The summed E-state index contributed by atoms with van der Waals surface area (Å²) in [6, 6.07) is 35.8. The summed E-state index contributed by atoms with van der Waals surface area (Å²) in [6.07, 6.45) is 7.40. The maximum absolute atomic E-state index is 13.9. The second-order valence-corrected chi connectivity index (χ2v) is 16.2. The molecule has 2 fully saturated rings. The van der Waals surface area contributed by atoms with E-state index in [4.69, 9.17) is 14.7 Å². The zero-order valence-electron chi connectivity index (χ0n) is 34.4. The molecule has 8 rings (SSSR count). The molecule has 0 spiro atoms. The average molecular weight is 791 g/mol. The highest BCUT2D eigenvalue weighted by Crippen LogP contribution is 2.37. The number of carbonyl (C=O) groups is 2. The van der Waals surface area contributed by atoms with Gasteiger partial charge in [-0.25, -0.2) is 9.97 Å². The molecular formula is C48H54N8O3. The molecule has 304 valence electrons. The van der Waals surface area contributed by atoms with Gasteiger partial charge in [-0.15, -0.1) is 0 Å². The van der Waals surface area contributed by atoms with Gasteiger partial charge in [-0.1, -0.05) is 109 Å². The number of nitrogens with zero attached hydrogens (tertiary/aromatic N) is 6. The minimum atomic E-state index is -0.341. The SMILES string of the molecule is CN(C)[C@H](C(=O)N1CCC[C@@H]1c1ncc(-c2ccc(COCc3ccc(-c4cnc([C@@H]5CCCN5C(=O)[C@@H](c5ccccc5)N(C)C)[nH]4)cc3)cc2)[nH]1)c1ccccc1. The predicted octanol–water partition coefficient (Wildman–Crippen LogP) is 8.12. The summed E-state index contributed by atoms with van der Waals surface area (Å²) in [4.78, 5) is 52.3. The van der Waals surface area contributed by atoms with Gasteiger partial charge in [-0.3, -0.25) is 19.4 Å². The second kappa shape index (κ2) is 17.9. The van der Waals surface area contributed by atoms with Gasteiger partial charge in [0.2, 0.25) is 11.8 Å². The van der Waals surface area contributed by atoms with Crippen molar-refractivity contribution in [3.05, 3.63) is 155 Å². The number of imidazole rings is 2. The highest BCUT2D eigenvalue weighted by atomic mass is 16.5. The number of aromatic nitrogens is 4. The maximum atomic E-state index is 13.9. The first-order valence-electron chi connectivity index (χ1n) is 20.6. The monoisotopic (exact) mass is 790 g/mol. The first kappa shape index (κ1) is 39.9. The molecule has 4 aromatic carbocycles. The lowest BCUT2D eigenvalue weighted by molar-refractivity contribution is -0.138. The van der Waals surface area contributed by atoms with E-state index in [-0.39, 0.29) is 36.0 Å². The summed E-state index contributed by atoms with van der Waals surface area (Å²) in [5.74, 6) is 1.86. The molecule has 0 radical (unpaired) electrons. The molecule has 11 nitrogen and oxygen atoms in total. The Hall–Kier alpha value is -5.88. The zero-order valence-corrected chi connectivity index (χ0v) is 34.4. The van der Waals surface area contributed by atoms with Crippen LogP contribution in [0.4, 0.5) is 0 Å². The Morgan fingerprint density at radius 1 is 0.610 bits per heavy atom. The van der Waals surface area contributed by atoms with E-state index in [2.05, 4.69) is 58.5 Å². The molecule has 2 aliphatic heterocycles. The van der Waals surface area contributed by atoms with Crippen molar-refractivity contribution in [1.82, 2.24) is 39.5 Å². The van der Waals surface area contributed by atoms with Crippen molar-refractivity contribution in [1.29, 1.82) is 0 Å². The molecule has 6 aromatic rings. The number of H-pyrrole nitrogens is 2. The summed E-state index contributed by atoms with van der Waals surface area (Å²) in [5, 5.41) is 0. The fraction of sp³-hybridized carbons (Fsp3) is 0.333. The van der Waals surface area contributed by atoms with Crippen LogP contribution in [0, 0.1) is 0 Å². The van der Waals surface area contributed by atoms with Crippen molar-refractivity contribution >= 4 is 11.8 Å². The summed E-state index contributed by atoms with van der Waals surface area (Å²) >= 11 is 0. The van der Waals surface area contributed by atoms with Crippen LogP contribution in [0.3, 0.4) is 0 Å². The number of likely N-dealkylation sites (tertiary alicyclic amines) is 2. The first-order valence-corrected chi connectivity index (χ1v) is 20.6. The number of amides is 2. The fourth-order valence-electron chi connectivity index (χ4n) is 8.69. The van der Waals surface area contributed by atoms with Crippen LogP contribution in [-0.4, -0.2) is 92.6 Å². The summed E-state index contributed by atoms with van der Waals surface area (Å²) in [6.45, 7) is 2.42. The van der Waals surface area contributed by atoms with Crippen LogP contribution >= 0.6 is 0 Å². The van der Waals surface area contributed by atoms with Crippen LogP contribution in [0.5, 0.6) is 0 Å². The number of carbonyl (C=O) groups excluding carboxylic acids is 2. The van der Waals surface area contributed by atoms with Gasteiger partial charge < -0.3 is 24.5 Å². The van der Waals surface area contributed by atoms with Crippen molar-refractivity contribution in [3.8, 4) is 22.5 Å². The Labute approximate surface area is 347 Å². The van der Waals surface area contributed by atoms with Crippen LogP contribution in [0.1, 0.15) is 83.8 Å². The van der Waals surface area contributed by atoms with Crippen molar-refractivity contribution < 1.29 is 14.3 Å². The topological polar surface area (TPSA) is 114 Å². The van der Waals surface area contributed by atoms with Crippen LogP contribution in [-0.2, 0) is 27.5 Å². The van der Waals surface area contributed by atoms with Gasteiger partial charge in [-0.05, 0) is 87.3 Å². The number of aromatic amines is 2. The lowest BCUT2D eigenvalue weighted by Crippen LogP contribution is -2.40. The van der Waals surface area contributed by atoms with Crippen molar-refractivity contribution in [3.63, 3.8) is 0 Å². The Morgan fingerprint density at radius 2 is 1.00 bits per heavy atom. The molecule has 2 amide bonds. The Bertz CT molecular complexity index is 2140. The van der Waals surface area contributed by atoms with Crippen molar-refractivity contribution in [2.45, 2.75) is 63.1 Å². The highest BCUT2D eigenvalue weighted by molar-refractivity contribution is 5.84. The van der Waals surface area contributed by atoms with E-state index in [1.165, 1.54) is 0 Å².